The van der Waals surface area contributed by atoms with Crippen LogP contribution in [0.15, 0.2) is 34.7 Å². The second kappa shape index (κ2) is 12.0. The molecule has 2 aromatic heterocycles. The van der Waals surface area contributed by atoms with Crippen LogP contribution in [0.1, 0.15) is 65.7 Å². The molecule has 1 fully saturated rings. The summed E-state index contributed by atoms with van der Waals surface area (Å²) in [6.07, 6.45) is 2.58. The predicted octanol–water partition coefficient (Wildman–Crippen LogP) is 4.50. The first-order chi connectivity index (χ1) is 18.6. The summed E-state index contributed by atoms with van der Waals surface area (Å²) in [6, 6.07) is 9.61. The van der Waals surface area contributed by atoms with Gasteiger partial charge in [0, 0.05) is 26.3 Å². The number of nitrogens with zero attached hydrogens (tertiary/aromatic N) is 2. The van der Waals surface area contributed by atoms with E-state index >= 15 is 0 Å². The third kappa shape index (κ3) is 6.38. The molecular weight excluding hydrogens is 522 g/mol. The van der Waals surface area contributed by atoms with Crippen molar-refractivity contribution >= 4 is 34.2 Å². The number of furan rings is 1. The molecule has 210 valence electrons. The van der Waals surface area contributed by atoms with Gasteiger partial charge in [0.2, 0.25) is 17.0 Å². The molecule has 0 radical (unpaired) electrons. The van der Waals surface area contributed by atoms with E-state index in [4.69, 9.17) is 14.1 Å². The van der Waals surface area contributed by atoms with Crippen LogP contribution in [0.2, 0.25) is 0 Å². The maximum atomic E-state index is 13.0. The molecule has 0 bridgehead atoms. The second-order valence-corrected chi connectivity index (χ2v) is 11.4. The Morgan fingerprint density at radius 2 is 1.97 bits per heavy atom. The fourth-order valence-electron chi connectivity index (χ4n) is 4.79. The average molecular weight is 558 g/mol. The SMILES string of the molecule is CNC(=O)c1c(-c2ccc(C)cc2)oc2nc(CN(CCCC(C)(COC)C(=O)O)S(=O)O)c(C3CC3)cc12. The lowest BCUT2D eigenvalue weighted by molar-refractivity contribution is -0.151. The number of amides is 1. The molecule has 10 nitrogen and oxygen atoms in total. The Kier molecular flexibility index (Phi) is 8.85. The fraction of sp³-hybridized carbons (Fsp3) is 0.464. The van der Waals surface area contributed by atoms with E-state index in [1.165, 1.54) is 11.4 Å². The van der Waals surface area contributed by atoms with E-state index in [2.05, 4.69) is 5.32 Å². The molecule has 2 atom stereocenters. The van der Waals surface area contributed by atoms with E-state index in [1.807, 2.05) is 37.3 Å². The Bertz CT molecular complexity index is 1380. The number of fused-ring (bicyclic) bond motifs is 1. The topological polar surface area (TPSA) is 142 Å². The van der Waals surface area contributed by atoms with Gasteiger partial charge in [-0.05, 0) is 57.1 Å². The van der Waals surface area contributed by atoms with Gasteiger partial charge in [0.15, 0.2) is 0 Å². The molecule has 39 heavy (non-hydrogen) atoms. The Morgan fingerprint density at radius 1 is 1.28 bits per heavy atom. The number of aryl methyl sites for hydroxylation is 1. The Hall–Kier alpha value is -3.12. The van der Waals surface area contributed by atoms with Gasteiger partial charge in [-0.3, -0.25) is 14.1 Å². The van der Waals surface area contributed by atoms with Crippen molar-refractivity contribution in [2.45, 2.75) is 52.0 Å². The van der Waals surface area contributed by atoms with Crippen molar-refractivity contribution < 1.29 is 32.6 Å². The van der Waals surface area contributed by atoms with E-state index < -0.39 is 22.7 Å². The Balaban J connectivity index is 1.68. The number of ether oxygens (including phenoxy) is 1. The van der Waals surface area contributed by atoms with Crippen molar-refractivity contribution in [3.8, 4) is 11.3 Å². The van der Waals surface area contributed by atoms with Crippen LogP contribution in [0.3, 0.4) is 0 Å². The van der Waals surface area contributed by atoms with Gasteiger partial charge in [0.25, 0.3) is 5.91 Å². The van der Waals surface area contributed by atoms with Gasteiger partial charge in [-0.15, -0.1) is 0 Å². The van der Waals surface area contributed by atoms with Crippen LogP contribution in [0.5, 0.6) is 0 Å². The first kappa shape index (κ1) is 28.9. The summed E-state index contributed by atoms with van der Waals surface area (Å²) in [7, 11) is 3.02. The third-order valence-corrected chi connectivity index (χ3v) is 8.00. The van der Waals surface area contributed by atoms with Crippen LogP contribution in [0, 0.1) is 12.3 Å². The lowest BCUT2D eigenvalue weighted by Gasteiger charge is -2.25. The van der Waals surface area contributed by atoms with Crippen molar-refractivity contribution in [3.05, 3.63) is 52.7 Å². The zero-order chi connectivity index (χ0) is 28.3. The summed E-state index contributed by atoms with van der Waals surface area (Å²) in [6.45, 7) is 3.90. The molecule has 1 aliphatic carbocycles. The standard InChI is InChI=1S/C28H35N3O7S/c1-17-6-8-19(9-7-17)24-23(25(32)29-3)21-14-20(18-10-11-18)22(30-26(21)38-24)15-31(39(35)36)13-5-12-28(2,16-37-4)27(33)34/h6-9,14,18H,5,10-13,15-16H2,1-4H3,(H,29,32)(H,33,34)(H,35,36). The summed E-state index contributed by atoms with van der Waals surface area (Å²) >= 11 is -2.30. The molecule has 2 heterocycles. The molecule has 0 saturated heterocycles. The Morgan fingerprint density at radius 3 is 2.54 bits per heavy atom. The number of aliphatic carboxylic acids is 1. The Labute approximate surface area is 230 Å². The minimum absolute atomic E-state index is 0.0457. The number of carbonyl (C=O) groups excluding carboxylic acids is 1. The average Bonchev–Trinajstić information content (AvgIpc) is 3.68. The molecule has 3 aromatic rings. The molecule has 1 amide bonds. The van der Waals surface area contributed by atoms with E-state index in [0.29, 0.717) is 28.8 Å². The number of hydrogen-bond donors (Lipinski definition) is 3. The molecule has 1 saturated carbocycles. The minimum Gasteiger partial charge on any atom is -0.481 e. The molecule has 2 unspecified atom stereocenters. The van der Waals surface area contributed by atoms with Gasteiger partial charge in [-0.1, -0.05) is 29.8 Å². The van der Waals surface area contributed by atoms with Gasteiger partial charge >= 0.3 is 5.97 Å². The highest BCUT2D eigenvalue weighted by Gasteiger charge is 2.34. The summed E-state index contributed by atoms with van der Waals surface area (Å²) < 4.78 is 34.9. The monoisotopic (exact) mass is 557 g/mol. The first-order valence-corrected chi connectivity index (χ1v) is 14.0. The van der Waals surface area contributed by atoms with Gasteiger partial charge in [-0.2, -0.15) is 4.31 Å². The van der Waals surface area contributed by atoms with Gasteiger partial charge in [0.05, 0.1) is 35.2 Å². The number of carbonyl (C=O) groups is 2. The van der Waals surface area contributed by atoms with Gasteiger partial charge in [-0.25, -0.2) is 9.19 Å². The van der Waals surface area contributed by atoms with Crippen LogP contribution in [0.4, 0.5) is 0 Å². The number of nitrogens with one attached hydrogen (secondary N) is 1. The second-order valence-electron chi connectivity index (χ2n) is 10.4. The lowest BCUT2D eigenvalue weighted by atomic mass is 9.86. The molecule has 0 aliphatic heterocycles. The van der Waals surface area contributed by atoms with Crippen molar-refractivity contribution in [2.75, 3.05) is 27.3 Å². The zero-order valence-electron chi connectivity index (χ0n) is 22.7. The van der Waals surface area contributed by atoms with E-state index in [1.54, 1.807) is 14.0 Å². The number of pyridine rings is 1. The number of carboxylic acids is 1. The maximum absolute atomic E-state index is 13.0. The lowest BCUT2D eigenvalue weighted by Crippen LogP contribution is -2.34. The van der Waals surface area contributed by atoms with Gasteiger partial charge < -0.3 is 19.6 Å². The van der Waals surface area contributed by atoms with Crippen molar-refractivity contribution in [3.63, 3.8) is 0 Å². The summed E-state index contributed by atoms with van der Waals surface area (Å²) in [5.74, 6) is -0.586. The summed E-state index contributed by atoms with van der Waals surface area (Å²) in [4.78, 5) is 29.5. The number of hydrogen-bond acceptors (Lipinski definition) is 6. The van der Waals surface area contributed by atoms with Crippen molar-refractivity contribution in [1.82, 2.24) is 14.6 Å². The van der Waals surface area contributed by atoms with Crippen LogP contribution in [-0.2, 0) is 27.3 Å². The minimum atomic E-state index is -2.30. The molecule has 1 aromatic carbocycles. The number of methoxy groups -OCH3 is 1. The number of rotatable bonds is 13. The summed E-state index contributed by atoms with van der Waals surface area (Å²) in [5.41, 5.74) is 2.96. The molecule has 0 spiro atoms. The normalized spacial score (nSPS) is 15.8. The van der Waals surface area contributed by atoms with E-state index in [-0.39, 0.29) is 43.7 Å². The number of aromatic nitrogens is 1. The zero-order valence-corrected chi connectivity index (χ0v) is 23.5. The smallest absolute Gasteiger partial charge is 0.311 e. The van der Waals surface area contributed by atoms with Crippen LogP contribution < -0.4 is 5.32 Å². The van der Waals surface area contributed by atoms with Gasteiger partial charge in [0.1, 0.15) is 5.76 Å². The predicted molar refractivity (Wildman–Crippen MR) is 148 cm³/mol. The van der Waals surface area contributed by atoms with Crippen LogP contribution in [-0.4, -0.2) is 62.3 Å². The fourth-order valence-corrected chi connectivity index (χ4v) is 5.31. The number of carboxylic acid groups (broad SMARTS) is 1. The highest BCUT2D eigenvalue weighted by atomic mass is 32.2. The number of benzene rings is 1. The van der Waals surface area contributed by atoms with Crippen LogP contribution >= 0.6 is 0 Å². The van der Waals surface area contributed by atoms with Crippen molar-refractivity contribution in [2.24, 2.45) is 5.41 Å². The van der Waals surface area contributed by atoms with E-state index in [0.717, 1.165) is 29.5 Å². The molecule has 11 heteroatoms. The van der Waals surface area contributed by atoms with Crippen LogP contribution in [0.25, 0.3) is 22.4 Å². The maximum Gasteiger partial charge on any atom is 0.311 e. The molecular formula is C28H35N3O7S. The first-order valence-electron chi connectivity index (χ1n) is 12.9. The van der Waals surface area contributed by atoms with E-state index in [9.17, 15) is 23.5 Å². The molecule has 4 rings (SSSR count). The highest BCUT2D eigenvalue weighted by Crippen LogP contribution is 2.44. The van der Waals surface area contributed by atoms with Crippen molar-refractivity contribution in [1.29, 1.82) is 0 Å². The third-order valence-electron chi connectivity index (χ3n) is 7.24. The molecule has 3 N–H and O–H groups in total. The quantitative estimate of drug-likeness (QED) is 0.261. The molecule has 1 aliphatic rings. The largest absolute Gasteiger partial charge is 0.481 e. The highest BCUT2D eigenvalue weighted by molar-refractivity contribution is 7.76. The summed E-state index contributed by atoms with van der Waals surface area (Å²) in [5, 5.41) is 12.9.